The lowest BCUT2D eigenvalue weighted by Gasteiger charge is -2.07. The van der Waals surface area contributed by atoms with Crippen molar-refractivity contribution in [2.45, 2.75) is 18.1 Å². The number of thioether (sulfide) groups is 1. The smallest absolute Gasteiger partial charge is 0.274 e. The van der Waals surface area contributed by atoms with Crippen LogP contribution in [0, 0.1) is 10.1 Å². The summed E-state index contributed by atoms with van der Waals surface area (Å²) in [6, 6.07) is 3.96. The third kappa shape index (κ3) is 7.62. The van der Waals surface area contributed by atoms with E-state index in [0.29, 0.717) is 12.4 Å². The molecule has 1 aromatic heterocycles. The molecule has 0 aromatic carbocycles. The molecule has 0 aliphatic rings. The van der Waals surface area contributed by atoms with Crippen LogP contribution < -0.4 is 10.6 Å². The molecule has 8 heteroatoms. The lowest BCUT2D eigenvalue weighted by atomic mass is 10.4. The van der Waals surface area contributed by atoms with Crippen LogP contribution in [0.1, 0.15) is 12.2 Å². The summed E-state index contributed by atoms with van der Waals surface area (Å²) >= 11 is 1.64. The average Bonchev–Trinajstić information content (AvgIpc) is 2.83. The van der Waals surface area contributed by atoms with E-state index in [4.69, 9.17) is 4.42 Å². The molecule has 2 N–H and O–H groups in total. The van der Waals surface area contributed by atoms with Gasteiger partial charge in [0.1, 0.15) is 5.76 Å². The summed E-state index contributed by atoms with van der Waals surface area (Å²) in [5, 5.41) is 17.0. The van der Waals surface area contributed by atoms with Gasteiger partial charge in [-0.05, 0) is 32.6 Å². The molecule has 0 saturated carbocycles. The lowest BCUT2D eigenvalue weighted by Crippen LogP contribution is -2.25. The van der Waals surface area contributed by atoms with Crippen molar-refractivity contribution in [2.75, 3.05) is 33.4 Å². The van der Waals surface area contributed by atoms with Crippen molar-refractivity contribution in [1.82, 2.24) is 15.5 Å². The lowest BCUT2D eigenvalue weighted by molar-refractivity contribution is -0.404. The first-order chi connectivity index (χ1) is 10.0. The van der Waals surface area contributed by atoms with Crippen molar-refractivity contribution in [3.8, 4) is 0 Å². The number of hydrogen-bond acceptors (Lipinski definition) is 7. The molecule has 0 radical (unpaired) electrons. The zero-order valence-electron chi connectivity index (χ0n) is 12.6. The van der Waals surface area contributed by atoms with Crippen LogP contribution in [0.3, 0.4) is 0 Å². The number of furan rings is 1. The van der Waals surface area contributed by atoms with Crippen molar-refractivity contribution in [1.29, 1.82) is 0 Å². The topological polar surface area (TPSA) is 83.6 Å². The number of nitrogens with zero attached hydrogens (tertiary/aromatic N) is 2. The molecule has 1 rings (SSSR count). The Hall–Kier alpha value is -1.67. The van der Waals surface area contributed by atoms with Gasteiger partial charge in [-0.2, -0.15) is 0 Å². The van der Waals surface area contributed by atoms with E-state index in [2.05, 4.69) is 15.5 Å². The molecule has 0 spiro atoms. The SMILES string of the molecule is CN/C(=C\[N+](=O)[O-])NCCCSc1ccc(CN(C)C)o1. The average molecular weight is 314 g/mol. The standard InChI is InChI=1S/C13H22N4O3S/c1-14-12(10-17(18)19)15-7-4-8-21-13-6-5-11(20-13)9-16(2)3/h5-6,10,14-15H,4,7-9H2,1-3H3/b12-10+. The molecule has 21 heavy (non-hydrogen) atoms. The molecule has 1 heterocycles. The van der Waals surface area contributed by atoms with E-state index in [9.17, 15) is 10.1 Å². The van der Waals surface area contributed by atoms with Crippen LogP contribution in [0.15, 0.2) is 33.7 Å². The van der Waals surface area contributed by atoms with Gasteiger partial charge < -0.3 is 20.0 Å². The van der Waals surface area contributed by atoms with Crippen LogP contribution in [0.4, 0.5) is 0 Å². The molecule has 0 aliphatic carbocycles. The van der Waals surface area contributed by atoms with E-state index < -0.39 is 4.92 Å². The fourth-order valence-electron chi connectivity index (χ4n) is 1.60. The van der Waals surface area contributed by atoms with Gasteiger partial charge in [-0.3, -0.25) is 10.1 Å². The molecule has 0 fully saturated rings. The van der Waals surface area contributed by atoms with E-state index in [-0.39, 0.29) is 0 Å². The van der Waals surface area contributed by atoms with E-state index >= 15 is 0 Å². The normalized spacial score (nSPS) is 11.7. The first-order valence-electron chi connectivity index (χ1n) is 6.64. The van der Waals surface area contributed by atoms with Gasteiger partial charge in [0.2, 0.25) is 0 Å². The van der Waals surface area contributed by atoms with Gasteiger partial charge in [0.15, 0.2) is 10.9 Å². The zero-order valence-corrected chi connectivity index (χ0v) is 13.4. The quantitative estimate of drug-likeness (QED) is 0.294. The van der Waals surface area contributed by atoms with Crippen LogP contribution in [-0.2, 0) is 6.54 Å². The second-order valence-corrected chi connectivity index (χ2v) is 5.76. The number of rotatable bonds is 10. The van der Waals surface area contributed by atoms with Crippen molar-refractivity contribution in [3.63, 3.8) is 0 Å². The van der Waals surface area contributed by atoms with Gasteiger partial charge in [0.05, 0.1) is 11.5 Å². The molecule has 0 atom stereocenters. The fourth-order valence-corrected chi connectivity index (χ4v) is 2.42. The Kier molecular flexibility index (Phi) is 7.70. The molecule has 0 aliphatic heterocycles. The third-order valence-corrected chi connectivity index (χ3v) is 3.49. The Bertz CT molecular complexity index is 474. The predicted molar refractivity (Wildman–Crippen MR) is 83.6 cm³/mol. The summed E-state index contributed by atoms with van der Waals surface area (Å²) in [6.45, 7) is 1.46. The maximum atomic E-state index is 10.4. The van der Waals surface area contributed by atoms with Gasteiger partial charge in [-0.25, -0.2) is 0 Å². The van der Waals surface area contributed by atoms with Crippen LogP contribution >= 0.6 is 11.8 Å². The Morgan fingerprint density at radius 1 is 1.52 bits per heavy atom. The summed E-state index contributed by atoms with van der Waals surface area (Å²) in [4.78, 5) is 11.9. The summed E-state index contributed by atoms with van der Waals surface area (Å²) in [5.41, 5.74) is 0. The summed E-state index contributed by atoms with van der Waals surface area (Å²) in [6.07, 6.45) is 1.80. The molecule has 0 amide bonds. The van der Waals surface area contributed by atoms with Crippen molar-refractivity contribution >= 4 is 11.8 Å². The largest absolute Gasteiger partial charge is 0.454 e. The number of hydrogen-bond donors (Lipinski definition) is 2. The number of nitrogens with one attached hydrogen (secondary N) is 2. The minimum atomic E-state index is -0.483. The molecular weight excluding hydrogens is 292 g/mol. The van der Waals surface area contributed by atoms with Gasteiger partial charge in [-0.1, -0.05) is 11.8 Å². The van der Waals surface area contributed by atoms with Crippen LogP contribution in [0.25, 0.3) is 0 Å². The maximum Gasteiger partial charge on any atom is 0.274 e. The highest BCUT2D eigenvalue weighted by molar-refractivity contribution is 7.99. The third-order valence-electron chi connectivity index (χ3n) is 2.49. The molecule has 0 bridgehead atoms. The Balaban J connectivity index is 2.22. The molecule has 1 aromatic rings. The Morgan fingerprint density at radius 2 is 2.29 bits per heavy atom. The van der Waals surface area contributed by atoms with Crippen molar-refractivity contribution in [3.05, 3.63) is 40.0 Å². The second-order valence-electron chi connectivity index (χ2n) is 4.67. The first kappa shape index (κ1) is 17.4. The van der Waals surface area contributed by atoms with Crippen LogP contribution in [-0.4, -0.2) is 43.3 Å². The van der Waals surface area contributed by atoms with Crippen molar-refractivity contribution < 1.29 is 9.34 Å². The maximum absolute atomic E-state index is 10.4. The van der Waals surface area contributed by atoms with Gasteiger partial charge in [-0.15, -0.1) is 0 Å². The van der Waals surface area contributed by atoms with Crippen molar-refractivity contribution in [2.24, 2.45) is 0 Å². The van der Waals surface area contributed by atoms with E-state index in [1.165, 1.54) is 0 Å². The monoisotopic (exact) mass is 314 g/mol. The van der Waals surface area contributed by atoms with Crippen LogP contribution in [0.2, 0.25) is 0 Å². The Morgan fingerprint density at radius 3 is 2.90 bits per heavy atom. The fraction of sp³-hybridized carbons (Fsp3) is 0.538. The van der Waals surface area contributed by atoms with E-state index in [1.807, 2.05) is 26.2 Å². The number of nitro groups is 1. The first-order valence-corrected chi connectivity index (χ1v) is 7.63. The molecule has 7 nitrogen and oxygen atoms in total. The van der Waals surface area contributed by atoms with E-state index in [0.717, 1.165) is 35.8 Å². The highest BCUT2D eigenvalue weighted by Gasteiger charge is 2.04. The minimum absolute atomic E-state index is 0.413. The zero-order chi connectivity index (χ0) is 15.7. The van der Waals surface area contributed by atoms with Gasteiger partial charge in [0, 0.05) is 19.3 Å². The molecule has 0 saturated heterocycles. The molecular formula is C13H22N4O3S. The summed E-state index contributed by atoms with van der Waals surface area (Å²) in [7, 11) is 5.64. The predicted octanol–water partition coefficient (Wildman–Crippen LogP) is 1.71. The summed E-state index contributed by atoms with van der Waals surface area (Å²) < 4.78 is 5.68. The summed E-state index contributed by atoms with van der Waals surface area (Å²) in [5.74, 6) is 2.25. The highest BCUT2D eigenvalue weighted by atomic mass is 32.2. The molecule has 118 valence electrons. The Labute approximate surface area is 128 Å². The van der Waals surface area contributed by atoms with E-state index in [1.54, 1.807) is 18.8 Å². The van der Waals surface area contributed by atoms with Gasteiger partial charge in [0.25, 0.3) is 6.20 Å². The minimum Gasteiger partial charge on any atom is -0.454 e. The highest BCUT2D eigenvalue weighted by Crippen LogP contribution is 2.22. The van der Waals surface area contributed by atoms with Crippen LogP contribution in [0.5, 0.6) is 0 Å². The second kappa shape index (κ2) is 9.30. The molecule has 0 unspecified atom stereocenters. The van der Waals surface area contributed by atoms with Gasteiger partial charge >= 0.3 is 0 Å².